The molecule has 6 nitrogen and oxygen atoms in total. The summed E-state index contributed by atoms with van der Waals surface area (Å²) >= 11 is 0. The highest BCUT2D eigenvalue weighted by atomic mass is 35.5. The normalized spacial score (nSPS) is 16.6. The molecule has 0 saturated heterocycles. The maximum atomic E-state index is 12.4. The van der Waals surface area contributed by atoms with E-state index in [1.54, 1.807) is 0 Å². The number of carbonyl (C=O) groups is 1. The van der Waals surface area contributed by atoms with Crippen LogP contribution in [-0.4, -0.2) is 34.0 Å². The lowest BCUT2D eigenvalue weighted by Crippen LogP contribution is -2.44. The molecule has 0 heterocycles. The second kappa shape index (κ2) is 8.63. The highest BCUT2D eigenvalue weighted by Gasteiger charge is 2.28. The quantitative estimate of drug-likeness (QED) is 0.710. The second-order valence-electron chi connectivity index (χ2n) is 5.61. The lowest BCUT2D eigenvalue weighted by Gasteiger charge is -2.23. The van der Waals surface area contributed by atoms with E-state index in [0.717, 1.165) is 25.7 Å². The van der Waals surface area contributed by atoms with Gasteiger partial charge >= 0.3 is 0 Å². The maximum absolute atomic E-state index is 12.4. The van der Waals surface area contributed by atoms with Crippen molar-refractivity contribution in [3.63, 3.8) is 0 Å². The van der Waals surface area contributed by atoms with E-state index in [0.29, 0.717) is 18.0 Å². The van der Waals surface area contributed by atoms with Crippen molar-refractivity contribution in [2.45, 2.75) is 36.6 Å². The van der Waals surface area contributed by atoms with Crippen LogP contribution < -0.4 is 15.8 Å². The molecule has 0 aromatic heterocycles. The highest BCUT2D eigenvalue weighted by molar-refractivity contribution is 7.89. The highest BCUT2D eigenvalue weighted by Crippen LogP contribution is 2.28. The van der Waals surface area contributed by atoms with Crippen LogP contribution in [0, 0.1) is 5.92 Å². The Labute approximate surface area is 143 Å². The SMILES string of the molecule is CNC(=O)c1ccc(S(=O)(=O)NC(CN)C2CCCC2)cc1.Cl. The van der Waals surface area contributed by atoms with Crippen LogP contribution in [0.15, 0.2) is 29.2 Å². The lowest BCUT2D eigenvalue weighted by molar-refractivity contribution is 0.0963. The van der Waals surface area contributed by atoms with Gasteiger partial charge in [0.05, 0.1) is 4.90 Å². The number of hydrogen-bond donors (Lipinski definition) is 3. The van der Waals surface area contributed by atoms with E-state index in [-0.39, 0.29) is 29.3 Å². The van der Waals surface area contributed by atoms with Gasteiger partial charge in [0, 0.05) is 25.2 Å². The maximum Gasteiger partial charge on any atom is 0.251 e. The fraction of sp³-hybridized carbons (Fsp3) is 0.533. The molecule has 4 N–H and O–H groups in total. The molecule has 1 aliphatic carbocycles. The molecule has 1 amide bonds. The molecule has 1 atom stereocenters. The molecule has 1 fully saturated rings. The third kappa shape index (κ3) is 4.91. The Morgan fingerprint density at radius 2 is 1.83 bits per heavy atom. The largest absolute Gasteiger partial charge is 0.355 e. The Bertz CT molecular complexity index is 613. The molecule has 0 bridgehead atoms. The van der Waals surface area contributed by atoms with Gasteiger partial charge in [-0.25, -0.2) is 13.1 Å². The fourth-order valence-electron chi connectivity index (χ4n) is 2.89. The standard InChI is InChI=1S/C15H23N3O3S.ClH/c1-17-15(19)12-6-8-13(9-7-12)22(20,21)18-14(10-16)11-4-2-3-5-11;/h6-9,11,14,18H,2-5,10,16H2,1H3,(H,17,19);1H. The number of benzene rings is 1. The molecule has 23 heavy (non-hydrogen) atoms. The smallest absolute Gasteiger partial charge is 0.251 e. The van der Waals surface area contributed by atoms with Gasteiger partial charge in [0.25, 0.3) is 5.91 Å². The van der Waals surface area contributed by atoms with Crippen molar-refractivity contribution in [3.8, 4) is 0 Å². The molecule has 8 heteroatoms. The minimum absolute atomic E-state index is 0. The van der Waals surface area contributed by atoms with Gasteiger partial charge in [-0.1, -0.05) is 12.8 Å². The van der Waals surface area contributed by atoms with Gasteiger partial charge in [0.2, 0.25) is 10.0 Å². The van der Waals surface area contributed by atoms with Crippen molar-refractivity contribution < 1.29 is 13.2 Å². The zero-order valence-electron chi connectivity index (χ0n) is 13.1. The van der Waals surface area contributed by atoms with E-state index >= 15 is 0 Å². The van der Waals surface area contributed by atoms with E-state index in [2.05, 4.69) is 10.0 Å². The molecule has 1 aromatic rings. The third-order valence-corrected chi connectivity index (χ3v) is 5.69. The summed E-state index contributed by atoms with van der Waals surface area (Å²) in [5, 5.41) is 2.50. The Hall–Kier alpha value is -1.15. The predicted octanol–water partition coefficient (Wildman–Crippen LogP) is 1.26. The van der Waals surface area contributed by atoms with Gasteiger partial charge < -0.3 is 11.1 Å². The van der Waals surface area contributed by atoms with Crippen LogP contribution in [0.1, 0.15) is 36.0 Å². The Morgan fingerprint density at radius 1 is 1.26 bits per heavy atom. The van der Waals surface area contributed by atoms with Gasteiger partial charge in [-0.3, -0.25) is 4.79 Å². The van der Waals surface area contributed by atoms with Crippen LogP contribution in [-0.2, 0) is 10.0 Å². The number of rotatable bonds is 6. The van der Waals surface area contributed by atoms with Crippen molar-refractivity contribution in [1.82, 2.24) is 10.0 Å². The molecule has 2 rings (SSSR count). The first kappa shape index (κ1) is 19.9. The molecule has 0 radical (unpaired) electrons. The van der Waals surface area contributed by atoms with Crippen molar-refractivity contribution >= 4 is 28.3 Å². The first-order valence-corrected chi connectivity index (χ1v) is 9.01. The van der Waals surface area contributed by atoms with Gasteiger partial charge in [-0.2, -0.15) is 0 Å². The lowest BCUT2D eigenvalue weighted by atomic mass is 9.99. The first-order valence-electron chi connectivity index (χ1n) is 7.52. The third-order valence-electron chi connectivity index (χ3n) is 4.18. The first-order chi connectivity index (χ1) is 10.5. The number of carbonyl (C=O) groups excluding carboxylic acids is 1. The topological polar surface area (TPSA) is 101 Å². The van der Waals surface area contributed by atoms with Crippen LogP contribution in [0.2, 0.25) is 0 Å². The fourth-order valence-corrected chi connectivity index (χ4v) is 4.21. The number of halogens is 1. The molecular formula is C15H24ClN3O3S. The van der Waals surface area contributed by atoms with Crippen LogP contribution in [0.25, 0.3) is 0 Å². The van der Waals surface area contributed by atoms with Gasteiger partial charge in [-0.05, 0) is 43.0 Å². The van der Waals surface area contributed by atoms with Crippen LogP contribution in [0.3, 0.4) is 0 Å². The average molecular weight is 362 g/mol. The van der Waals surface area contributed by atoms with Crippen LogP contribution in [0.4, 0.5) is 0 Å². The molecular weight excluding hydrogens is 338 g/mol. The minimum atomic E-state index is -3.62. The van der Waals surface area contributed by atoms with E-state index < -0.39 is 10.0 Å². The predicted molar refractivity (Wildman–Crippen MR) is 92.2 cm³/mol. The van der Waals surface area contributed by atoms with Gasteiger partial charge in [0.1, 0.15) is 0 Å². The number of hydrogen-bond acceptors (Lipinski definition) is 4. The van der Waals surface area contributed by atoms with E-state index in [4.69, 9.17) is 5.73 Å². The van der Waals surface area contributed by atoms with Crippen LogP contribution in [0.5, 0.6) is 0 Å². The Kier molecular flexibility index (Phi) is 7.47. The number of sulfonamides is 1. The summed E-state index contributed by atoms with van der Waals surface area (Å²) in [5.41, 5.74) is 6.16. The van der Waals surface area contributed by atoms with Crippen molar-refractivity contribution in [3.05, 3.63) is 29.8 Å². The molecule has 1 unspecified atom stereocenters. The Morgan fingerprint density at radius 3 is 2.30 bits per heavy atom. The molecule has 0 spiro atoms. The molecule has 1 aliphatic rings. The number of nitrogens with two attached hydrogens (primary N) is 1. The second-order valence-corrected chi connectivity index (χ2v) is 7.33. The van der Waals surface area contributed by atoms with E-state index in [1.807, 2.05) is 0 Å². The Balaban J connectivity index is 0.00000264. The number of amides is 1. The molecule has 130 valence electrons. The summed E-state index contributed by atoms with van der Waals surface area (Å²) in [7, 11) is -2.09. The molecule has 0 aliphatic heterocycles. The zero-order chi connectivity index (χ0) is 16.2. The zero-order valence-corrected chi connectivity index (χ0v) is 14.8. The summed E-state index contributed by atoms with van der Waals surface area (Å²) in [6.07, 6.45) is 4.29. The summed E-state index contributed by atoms with van der Waals surface area (Å²) in [5.74, 6) is 0.0626. The monoisotopic (exact) mass is 361 g/mol. The summed E-state index contributed by atoms with van der Waals surface area (Å²) in [4.78, 5) is 11.6. The van der Waals surface area contributed by atoms with E-state index in [1.165, 1.54) is 31.3 Å². The van der Waals surface area contributed by atoms with Gasteiger partial charge in [-0.15, -0.1) is 12.4 Å². The van der Waals surface area contributed by atoms with Crippen molar-refractivity contribution in [2.24, 2.45) is 11.7 Å². The number of nitrogens with one attached hydrogen (secondary N) is 2. The summed E-state index contributed by atoms with van der Waals surface area (Å²) < 4.78 is 27.6. The molecule has 1 aromatic carbocycles. The minimum Gasteiger partial charge on any atom is -0.355 e. The van der Waals surface area contributed by atoms with Gasteiger partial charge in [0.15, 0.2) is 0 Å². The summed E-state index contributed by atoms with van der Waals surface area (Å²) in [6.45, 7) is 0.292. The average Bonchev–Trinajstić information content (AvgIpc) is 3.06. The van der Waals surface area contributed by atoms with E-state index in [9.17, 15) is 13.2 Å². The summed E-state index contributed by atoms with van der Waals surface area (Å²) in [6, 6.07) is 5.65. The van der Waals surface area contributed by atoms with Crippen molar-refractivity contribution in [2.75, 3.05) is 13.6 Å². The van der Waals surface area contributed by atoms with Crippen molar-refractivity contribution in [1.29, 1.82) is 0 Å². The van der Waals surface area contributed by atoms with Crippen LogP contribution >= 0.6 is 12.4 Å². The molecule has 1 saturated carbocycles.